The first-order chi connectivity index (χ1) is 10.0. The van der Waals surface area contributed by atoms with E-state index in [0.29, 0.717) is 18.4 Å². The van der Waals surface area contributed by atoms with E-state index in [-0.39, 0.29) is 5.95 Å². The number of nitrogens with two attached hydrogens (primary N) is 1. The Bertz CT molecular complexity index is 586. The van der Waals surface area contributed by atoms with E-state index in [2.05, 4.69) is 54.0 Å². The molecule has 3 N–H and O–H groups in total. The minimum absolute atomic E-state index is 0.243. The molecule has 2 aromatic rings. The van der Waals surface area contributed by atoms with Gasteiger partial charge in [0.2, 0.25) is 17.8 Å². The van der Waals surface area contributed by atoms with E-state index < -0.39 is 0 Å². The molecule has 0 amide bonds. The standard InChI is InChI=1S/C14H22N6S/c1-5-20(6-2)14-18-12(15)17-13(19-14)16-8-11-7-9(3)10(4)21-11/h7H,5-6,8H2,1-4H3,(H3,15,16,17,18,19). The highest BCUT2D eigenvalue weighted by molar-refractivity contribution is 7.12. The molecule has 114 valence electrons. The molecule has 21 heavy (non-hydrogen) atoms. The highest BCUT2D eigenvalue weighted by Crippen LogP contribution is 2.21. The zero-order valence-corrected chi connectivity index (χ0v) is 13.8. The third-order valence-corrected chi connectivity index (χ3v) is 4.48. The zero-order valence-electron chi connectivity index (χ0n) is 13.0. The molecular formula is C14H22N6S. The summed E-state index contributed by atoms with van der Waals surface area (Å²) >= 11 is 1.78. The summed E-state index contributed by atoms with van der Waals surface area (Å²) in [6.07, 6.45) is 0. The van der Waals surface area contributed by atoms with Gasteiger partial charge >= 0.3 is 0 Å². The van der Waals surface area contributed by atoms with Crippen LogP contribution in [-0.4, -0.2) is 28.0 Å². The highest BCUT2D eigenvalue weighted by Gasteiger charge is 2.10. The van der Waals surface area contributed by atoms with Crippen molar-refractivity contribution in [2.45, 2.75) is 34.2 Å². The van der Waals surface area contributed by atoms with Gasteiger partial charge in [0.05, 0.1) is 6.54 Å². The van der Waals surface area contributed by atoms with Crippen molar-refractivity contribution in [3.63, 3.8) is 0 Å². The second-order valence-corrected chi connectivity index (χ2v) is 6.14. The number of hydrogen-bond donors (Lipinski definition) is 2. The lowest BCUT2D eigenvalue weighted by Gasteiger charge is -2.18. The van der Waals surface area contributed by atoms with Crippen LogP contribution in [0.3, 0.4) is 0 Å². The first-order valence-corrected chi connectivity index (χ1v) is 7.91. The van der Waals surface area contributed by atoms with E-state index >= 15 is 0 Å². The highest BCUT2D eigenvalue weighted by atomic mass is 32.1. The Labute approximate surface area is 129 Å². The van der Waals surface area contributed by atoms with Crippen molar-refractivity contribution in [1.29, 1.82) is 0 Å². The minimum Gasteiger partial charge on any atom is -0.368 e. The molecule has 0 atom stereocenters. The van der Waals surface area contributed by atoms with E-state index in [1.165, 1.54) is 15.3 Å². The fourth-order valence-electron chi connectivity index (χ4n) is 2.01. The fourth-order valence-corrected chi connectivity index (χ4v) is 3.00. The van der Waals surface area contributed by atoms with Crippen molar-refractivity contribution in [3.05, 3.63) is 21.4 Å². The zero-order chi connectivity index (χ0) is 15.4. The smallest absolute Gasteiger partial charge is 0.231 e. The van der Waals surface area contributed by atoms with E-state index in [1.54, 1.807) is 11.3 Å². The Kier molecular flexibility index (Phi) is 4.95. The van der Waals surface area contributed by atoms with Gasteiger partial charge in [0.25, 0.3) is 0 Å². The van der Waals surface area contributed by atoms with Crippen molar-refractivity contribution in [1.82, 2.24) is 15.0 Å². The number of nitrogens with zero attached hydrogens (tertiary/aromatic N) is 4. The molecule has 0 saturated heterocycles. The Morgan fingerprint density at radius 3 is 2.48 bits per heavy atom. The summed E-state index contributed by atoms with van der Waals surface area (Å²) in [5.41, 5.74) is 7.09. The first kappa shape index (κ1) is 15.5. The molecule has 0 spiro atoms. The largest absolute Gasteiger partial charge is 0.368 e. The molecule has 0 aromatic carbocycles. The van der Waals surface area contributed by atoms with Crippen LogP contribution in [0.2, 0.25) is 0 Å². The summed E-state index contributed by atoms with van der Waals surface area (Å²) < 4.78 is 0. The molecule has 0 aliphatic carbocycles. The lowest BCUT2D eigenvalue weighted by atomic mass is 10.3. The van der Waals surface area contributed by atoms with Crippen LogP contribution in [0.1, 0.15) is 29.2 Å². The summed E-state index contributed by atoms with van der Waals surface area (Å²) in [5, 5.41) is 3.23. The molecule has 0 aliphatic rings. The van der Waals surface area contributed by atoms with Crippen LogP contribution in [0.5, 0.6) is 0 Å². The molecule has 0 aliphatic heterocycles. The van der Waals surface area contributed by atoms with Crippen molar-refractivity contribution >= 4 is 29.2 Å². The van der Waals surface area contributed by atoms with Crippen molar-refractivity contribution in [2.75, 3.05) is 29.0 Å². The summed E-state index contributed by atoms with van der Waals surface area (Å²) in [7, 11) is 0. The quantitative estimate of drug-likeness (QED) is 0.854. The predicted molar refractivity (Wildman–Crippen MR) is 88.9 cm³/mol. The van der Waals surface area contributed by atoms with E-state index in [1.807, 2.05) is 4.90 Å². The second-order valence-electron chi connectivity index (χ2n) is 4.79. The average Bonchev–Trinajstić information content (AvgIpc) is 2.76. The van der Waals surface area contributed by atoms with E-state index in [4.69, 9.17) is 5.73 Å². The monoisotopic (exact) mass is 306 g/mol. The van der Waals surface area contributed by atoms with Crippen LogP contribution < -0.4 is 16.0 Å². The van der Waals surface area contributed by atoms with Crippen molar-refractivity contribution in [2.24, 2.45) is 0 Å². The fraction of sp³-hybridized carbons (Fsp3) is 0.500. The Morgan fingerprint density at radius 1 is 1.19 bits per heavy atom. The van der Waals surface area contributed by atoms with Crippen LogP contribution in [-0.2, 0) is 6.54 Å². The van der Waals surface area contributed by atoms with Crippen LogP contribution in [0.25, 0.3) is 0 Å². The molecule has 0 saturated carbocycles. The number of nitrogen functional groups attached to an aromatic ring is 1. The Hall–Kier alpha value is -1.89. The lowest BCUT2D eigenvalue weighted by Crippen LogP contribution is -2.25. The van der Waals surface area contributed by atoms with Gasteiger partial charge in [-0.05, 0) is 39.3 Å². The number of thiophene rings is 1. The second kappa shape index (κ2) is 6.71. The van der Waals surface area contributed by atoms with Gasteiger partial charge < -0.3 is 16.0 Å². The maximum absolute atomic E-state index is 5.78. The number of anilines is 3. The minimum atomic E-state index is 0.243. The molecule has 0 radical (unpaired) electrons. The number of nitrogens with one attached hydrogen (secondary N) is 1. The molecule has 2 heterocycles. The van der Waals surface area contributed by atoms with Gasteiger partial charge in [-0.2, -0.15) is 15.0 Å². The number of rotatable bonds is 6. The number of aromatic nitrogens is 3. The number of hydrogen-bond acceptors (Lipinski definition) is 7. The van der Waals surface area contributed by atoms with Crippen LogP contribution in [0, 0.1) is 13.8 Å². The average molecular weight is 306 g/mol. The maximum atomic E-state index is 5.78. The maximum Gasteiger partial charge on any atom is 0.231 e. The summed E-state index contributed by atoms with van der Waals surface area (Å²) in [6.45, 7) is 10.7. The SMILES string of the molecule is CCN(CC)c1nc(N)nc(NCc2cc(C)c(C)s2)n1. The summed E-state index contributed by atoms with van der Waals surface area (Å²) in [4.78, 5) is 17.4. The molecule has 7 heteroatoms. The van der Waals surface area contributed by atoms with Crippen LogP contribution >= 0.6 is 11.3 Å². The van der Waals surface area contributed by atoms with Gasteiger partial charge in [-0.15, -0.1) is 11.3 Å². The normalized spacial score (nSPS) is 10.7. The van der Waals surface area contributed by atoms with E-state index in [0.717, 1.165) is 13.1 Å². The van der Waals surface area contributed by atoms with E-state index in [9.17, 15) is 0 Å². The molecule has 0 unspecified atom stereocenters. The molecule has 2 rings (SSSR count). The van der Waals surface area contributed by atoms with Gasteiger partial charge in [-0.25, -0.2) is 0 Å². The molecule has 6 nitrogen and oxygen atoms in total. The Balaban J connectivity index is 2.12. The topological polar surface area (TPSA) is 80.0 Å². The van der Waals surface area contributed by atoms with Crippen molar-refractivity contribution in [3.8, 4) is 0 Å². The predicted octanol–water partition coefficient (Wildman–Crippen LogP) is 2.59. The molecule has 0 fully saturated rings. The van der Waals surface area contributed by atoms with Gasteiger partial charge in [-0.3, -0.25) is 0 Å². The van der Waals surface area contributed by atoms with Crippen LogP contribution in [0.4, 0.5) is 17.8 Å². The summed E-state index contributed by atoms with van der Waals surface area (Å²) in [5.74, 6) is 1.38. The van der Waals surface area contributed by atoms with Gasteiger partial charge in [0.1, 0.15) is 0 Å². The Morgan fingerprint density at radius 2 is 1.90 bits per heavy atom. The van der Waals surface area contributed by atoms with Gasteiger partial charge in [-0.1, -0.05) is 0 Å². The van der Waals surface area contributed by atoms with Gasteiger partial charge in [0, 0.05) is 22.8 Å². The third-order valence-electron chi connectivity index (χ3n) is 3.32. The number of aryl methyl sites for hydroxylation is 2. The summed E-state index contributed by atoms with van der Waals surface area (Å²) in [6, 6.07) is 2.18. The first-order valence-electron chi connectivity index (χ1n) is 7.09. The molecular weight excluding hydrogens is 284 g/mol. The van der Waals surface area contributed by atoms with Crippen LogP contribution in [0.15, 0.2) is 6.07 Å². The van der Waals surface area contributed by atoms with Crippen molar-refractivity contribution < 1.29 is 0 Å². The molecule has 2 aromatic heterocycles. The van der Waals surface area contributed by atoms with Gasteiger partial charge in [0.15, 0.2) is 0 Å². The third kappa shape index (κ3) is 3.81. The lowest BCUT2D eigenvalue weighted by molar-refractivity contribution is 0.814. The molecule has 0 bridgehead atoms.